The standard InChI is InChI=1S/C19H21F3N4/c20-19(21,22)17-10-4-7-14(25-17)11-12-24-18(23)26-16-9-3-6-13-5-1-2-8-15(13)16/h3-4,6-7,9-10H,1-2,5,8,11-12H2,(H3,23,24,26). The van der Waals surface area contributed by atoms with E-state index in [4.69, 9.17) is 5.73 Å². The number of hydrogen-bond donors (Lipinski definition) is 2. The summed E-state index contributed by atoms with van der Waals surface area (Å²) in [5.74, 6) is 0.260. The number of nitrogens with zero attached hydrogens (tertiary/aromatic N) is 2. The van der Waals surface area contributed by atoms with Gasteiger partial charge in [0.25, 0.3) is 0 Å². The SMILES string of the molecule is NC(=NCCc1cccc(C(F)(F)F)n1)Nc1cccc2c1CCCC2. The Balaban J connectivity index is 1.61. The minimum atomic E-state index is -4.44. The summed E-state index contributed by atoms with van der Waals surface area (Å²) in [6.07, 6.45) is 0.294. The van der Waals surface area contributed by atoms with Crippen molar-refractivity contribution in [3.8, 4) is 0 Å². The first kappa shape index (κ1) is 18.2. The number of aryl methyl sites for hydroxylation is 1. The summed E-state index contributed by atoms with van der Waals surface area (Å²) in [7, 11) is 0. The summed E-state index contributed by atoms with van der Waals surface area (Å²) in [4.78, 5) is 7.84. The maximum absolute atomic E-state index is 12.7. The summed E-state index contributed by atoms with van der Waals surface area (Å²) < 4.78 is 38.0. The van der Waals surface area contributed by atoms with Crippen LogP contribution in [0.2, 0.25) is 0 Å². The van der Waals surface area contributed by atoms with Crippen LogP contribution in [0.15, 0.2) is 41.4 Å². The molecule has 0 saturated carbocycles. The number of guanidine groups is 1. The van der Waals surface area contributed by atoms with Crippen LogP contribution in [0, 0.1) is 0 Å². The average Bonchev–Trinajstić information content (AvgIpc) is 2.62. The van der Waals surface area contributed by atoms with Crippen LogP contribution >= 0.6 is 0 Å². The fourth-order valence-electron chi connectivity index (χ4n) is 3.14. The van der Waals surface area contributed by atoms with E-state index in [-0.39, 0.29) is 12.5 Å². The summed E-state index contributed by atoms with van der Waals surface area (Å²) in [6.45, 7) is 0.266. The van der Waals surface area contributed by atoms with Gasteiger partial charge in [0.2, 0.25) is 0 Å². The topological polar surface area (TPSA) is 63.3 Å². The van der Waals surface area contributed by atoms with Gasteiger partial charge in [-0.2, -0.15) is 13.2 Å². The van der Waals surface area contributed by atoms with Crippen molar-refractivity contribution in [3.63, 3.8) is 0 Å². The van der Waals surface area contributed by atoms with Gasteiger partial charge >= 0.3 is 6.18 Å². The van der Waals surface area contributed by atoms with Gasteiger partial charge in [0.15, 0.2) is 5.96 Å². The number of halogens is 3. The number of hydrogen-bond acceptors (Lipinski definition) is 2. The first-order valence-electron chi connectivity index (χ1n) is 8.64. The Labute approximate surface area is 150 Å². The first-order chi connectivity index (χ1) is 12.4. The minimum absolute atomic E-state index is 0.260. The van der Waals surface area contributed by atoms with Crippen molar-refractivity contribution in [2.45, 2.75) is 38.3 Å². The highest BCUT2D eigenvalue weighted by atomic mass is 19.4. The molecule has 0 aliphatic heterocycles. The number of fused-ring (bicyclic) bond motifs is 1. The largest absolute Gasteiger partial charge is 0.433 e. The van der Waals surface area contributed by atoms with Crippen molar-refractivity contribution in [1.82, 2.24) is 4.98 Å². The predicted molar refractivity (Wildman–Crippen MR) is 96.1 cm³/mol. The summed E-state index contributed by atoms with van der Waals surface area (Å²) in [6, 6.07) is 9.97. The molecule has 0 fully saturated rings. The molecule has 0 radical (unpaired) electrons. The van der Waals surface area contributed by atoms with Crippen LogP contribution in [-0.4, -0.2) is 17.5 Å². The van der Waals surface area contributed by atoms with Gasteiger partial charge in [-0.05, 0) is 55.0 Å². The number of alkyl halides is 3. The molecule has 0 spiro atoms. The summed E-state index contributed by atoms with van der Waals surface area (Å²) in [5.41, 5.74) is 8.96. The van der Waals surface area contributed by atoms with Crippen LogP contribution in [0.3, 0.4) is 0 Å². The zero-order valence-electron chi connectivity index (χ0n) is 14.3. The molecule has 1 heterocycles. The molecule has 2 aromatic rings. The van der Waals surface area contributed by atoms with E-state index in [1.807, 2.05) is 12.1 Å². The molecule has 4 nitrogen and oxygen atoms in total. The van der Waals surface area contributed by atoms with Crippen molar-refractivity contribution in [2.75, 3.05) is 11.9 Å². The summed E-state index contributed by atoms with van der Waals surface area (Å²) in [5, 5.41) is 3.12. The van der Waals surface area contributed by atoms with Gasteiger partial charge in [0.1, 0.15) is 5.69 Å². The number of nitrogens with one attached hydrogen (secondary N) is 1. The number of benzene rings is 1. The molecular formula is C19H21F3N4. The van der Waals surface area contributed by atoms with E-state index in [9.17, 15) is 13.2 Å². The van der Waals surface area contributed by atoms with Crippen molar-refractivity contribution >= 4 is 11.6 Å². The molecular weight excluding hydrogens is 341 g/mol. The Morgan fingerprint density at radius 3 is 2.69 bits per heavy atom. The highest BCUT2D eigenvalue weighted by Crippen LogP contribution is 2.28. The third-order valence-electron chi connectivity index (χ3n) is 4.41. The van der Waals surface area contributed by atoms with E-state index >= 15 is 0 Å². The van der Waals surface area contributed by atoms with Crippen molar-refractivity contribution in [3.05, 3.63) is 58.9 Å². The Morgan fingerprint density at radius 2 is 1.88 bits per heavy atom. The molecule has 138 valence electrons. The fraction of sp³-hybridized carbons (Fsp3) is 0.368. The molecule has 0 amide bonds. The van der Waals surface area contributed by atoms with E-state index in [1.54, 1.807) is 6.07 Å². The predicted octanol–water partition coefficient (Wildman–Crippen LogP) is 3.95. The molecule has 7 heteroatoms. The molecule has 1 aliphatic carbocycles. The second kappa shape index (κ2) is 7.76. The molecule has 0 bridgehead atoms. The van der Waals surface area contributed by atoms with Crippen LogP contribution in [0.4, 0.5) is 18.9 Å². The third-order valence-corrected chi connectivity index (χ3v) is 4.41. The maximum Gasteiger partial charge on any atom is 0.433 e. The lowest BCUT2D eigenvalue weighted by atomic mass is 9.90. The molecule has 1 aromatic carbocycles. The van der Waals surface area contributed by atoms with Crippen LogP contribution in [0.5, 0.6) is 0 Å². The fourth-order valence-corrected chi connectivity index (χ4v) is 3.14. The smallest absolute Gasteiger partial charge is 0.370 e. The third kappa shape index (κ3) is 4.53. The monoisotopic (exact) mass is 362 g/mol. The Bertz CT molecular complexity index is 800. The van der Waals surface area contributed by atoms with E-state index in [2.05, 4.69) is 21.4 Å². The second-order valence-electron chi connectivity index (χ2n) is 6.30. The molecule has 3 N–H and O–H groups in total. The highest BCUT2D eigenvalue weighted by molar-refractivity contribution is 5.93. The Morgan fingerprint density at radius 1 is 1.12 bits per heavy atom. The van der Waals surface area contributed by atoms with Crippen LogP contribution in [0.1, 0.15) is 35.4 Å². The quantitative estimate of drug-likeness (QED) is 0.639. The molecule has 3 rings (SSSR count). The molecule has 1 aromatic heterocycles. The van der Waals surface area contributed by atoms with Crippen LogP contribution < -0.4 is 11.1 Å². The molecule has 26 heavy (non-hydrogen) atoms. The average molecular weight is 362 g/mol. The van der Waals surface area contributed by atoms with Gasteiger partial charge in [-0.1, -0.05) is 18.2 Å². The molecule has 0 atom stereocenters. The van der Waals surface area contributed by atoms with Gasteiger partial charge in [0.05, 0.1) is 0 Å². The molecule has 0 unspecified atom stereocenters. The van der Waals surface area contributed by atoms with E-state index in [1.165, 1.54) is 23.6 Å². The molecule has 1 aliphatic rings. The Kier molecular flexibility index (Phi) is 5.44. The number of anilines is 1. The minimum Gasteiger partial charge on any atom is -0.370 e. The number of aromatic nitrogens is 1. The number of nitrogens with two attached hydrogens (primary N) is 1. The zero-order valence-corrected chi connectivity index (χ0v) is 14.3. The zero-order chi connectivity index (χ0) is 18.6. The van der Waals surface area contributed by atoms with Gasteiger partial charge < -0.3 is 11.1 Å². The lowest BCUT2D eigenvalue weighted by molar-refractivity contribution is -0.141. The summed E-state index contributed by atoms with van der Waals surface area (Å²) >= 11 is 0. The molecule has 0 saturated heterocycles. The van der Waals surface area contributed by atoms with Crippen LogP contribution in [0.25, 0.3) is 0 Å². The second-order valence-corrected chi connectivity index (χ2v) is 6.30. The first-order valence-corrected chi connectivity index (χ1v) is 8.64. The van der Waals surface area contributed by atoms with Gasteiger partial charge in [-0.25, -0.2) is 4.98 Å². The van der Waals surface area contributed by atoms with Crippen molar-refractivity contribution in [1.29, 1.82) is 0 Å². The number of aliphatic imine (C=N–C) groups is 1. The van der Waals surface area contributed by atoms with E-state index in [0.717, 1.165) is 31.0 Å². The highest BCUT2D eigenvalue weighted by Gasteiger charge is 2.32. The van der Waals surface area contributed by atoms with Gasteiger partial charge in [0, 0.05) is 24.3 Å². The van der Waals surface area contributed by atoms with Crippen molar-refractivity contribution < 1.29 is 13.2 Å². The van der Waals surface area contributed by atoms with E-state index in [0.29, 0.717) is 12.1 Å². The normalized spacial score (nSPS) is 14.8. The lowest BCUT2D eigenvalue weighted by Crippen LogP contribution is -2.24. The van der Waals surface area contributed by atoms with Crippen LogP contribution in [-0.2, 0) is 25.4 Å². The number of rotatable bonds is 4. The van der Waals surface area contributed by atoms with E-state index < -0.39 is 11.9 Å². The van der Waals surface area contributed by atoms with Crippen molar-refractivity contribution in [2.24, 2.45) is 10.7 Å². The van der Waals surface area contributed by atoms with Gasteiger partial charge in [-0.3, -0.25) is 4.99 Å². The number of pyridine rings is 1. The lowest BCUT2D eigenvalue weighted by Gasteiger charge is -2.19. The maximum atomic E-state index is 12.7. The Hall–Kier alpha value is -2.57. The van der Waals surface area contributed by atoms with Gasteiger partial charge in [-0.15, -0.1) is 0 Å².